The van der Waals surface area contributed by atoms with Gasteiger partial charge in [-0.15, -0.1) is 11.3 Å². The molecule has 1 aliphatic heterocycles. The second kappa shape index (κ2) is 9.44. The molecule has 0 fully saturated rings. The predicted molar refractivity (Wildman–Crippen MR) is 130 cm³/mol. The lowest BCUT2D eigenvalue weighted by atomic mass is 10.1. The van der Waals surface area contributed by atoms with E-state index in [4.69, 9.17) is 19.2 Å². The Morgan fingerprint density at radius 3 is 2.76 bits per heavy atom. The van der Waals surface area contributed by atoms with Crippen LogP contribution in [-0.4, -0.2) is 52.6 Å². The summed E-state index contributed by atoms with van der Waals surface area (Å²) in [6.45, 7) is 3.64. The summed E-state index contributed by atoms with van der Waals surface area (Å²) in [7, 11) is 3.47. The number of nitrogens with zero attached hydrogens (tertiary/aromatic N) is 4. The van der Waals surface area contributed by atoms with Crippen molar-refractivity contribution in [2.45, 2.75) is 19.9 Å². The molecule has 34 heavy (non-hydrogen) atoms. The molecule has 0 N–H and O–H groups in total. The lowest BCUT2D eigenvalue weighted by Gasteiger charge is -2.24. The second-order valence-electron chi connectivity index (χ2n) is 8.24. The van der Waals surface area contributed by atoms with Gasteiger partial charge in [0.05, 0.1) is 21.8 Å². The van der Waals surface area contributed by atoms with E-state index in [1.807, 2.05) is 41.5 Å². The summed E-state index contributed by atoms with van der Waals surface area (Å²) in [6.07, 6.45) is 0.729. The van der Waals surface area contributed by atoms with Crippen LogP contribution in [0.15, 0.2) is 41.8 Å². The van der Waals surface area contributed by atoms with Crippen LogP contribution in [0.4, 0.5) is 0 Å². The van der Waals surface area contributed by atoms with Crippen LogP contribution in [0.25, 0.3) is 21.5 Å². The summed E-state index contributed by atoms with van der Waals surface area (Å²) in [4.78, 5) is 21.5. The molecule has 4 aromatic rings. The number of aryl methyl sites for hydroxylation is 2. The molecular weight excluding hydrogens is 452 g/mol. The van der Waals surface area contributed by atoms with Gasteiger partial charge in [-0.25, -0.2) is 4.98 Å². The maximum Gasteiger partial charge on any atom is 0.272 e. The number of rotatable bonds is 8. The highest BCUT2D eigenvalue weighted by atomic mass is 32.1. The van der Waals surface area contributed by atoms with Gasteiger partial charge in [0, 0.05) is 45.3 Å². The van der Waals surface area contributed by atoms with Gasteiger partial charge in [-0.1, -0.05) is 6.07 Å². The molecule has 3 aromatic heterocycles. The fourth-order valence-corrected chi connectivity index (χ4v) is 4.93. The van der Waals surface area contributed by atoms with E-state index in [9.17, 15) is 4.79 Å². The molecule has 0 bridgehead atoms. The van der Waals surface area contributed by atoms with Crippen molar-refractivity contribution in [3.63, 3.8) is 0 Å². The number of fused-ring (bicyclic) bond motifs is 2. The summed E-state index contributed by atoms with van der Waals surface area (Å²) < 4.78 is 18.0. The molecule has 1 aromatic carbocycles. The molecule has 1 aliphatic rings. The molecule has 0 unspecified atom stereocenters. The molecule has 1 amide bonds. The van der Waals surface area contributed by atoms with Crippen molar-refractivity contribution in [1.82, 2.24) is 19.7 Å². The summed E-state index contributed by atoms with van der Waals surface area (Å²) in [5.41, 5.74) is 4.04. The van der Waals surface area contributed by atoms with Crippen molar-refractivity contribution in [3.05, 3.63) is 58.7 Å². The first-order valence-electron chi connectivity index (χ1n) is 11.1. The zero-order valence-corrected chi connectivity index (χ0v) is 20.2. The van der Waals surface area contributed by atoms with Crippen molar-refractivity contribution in [1.29, 1.82) is 0 Å². The minimum atomic E-state index is -0.0675. The fraction of sp³-hybridized carbons (Fsp3) is 0.320. The largest absolute Gasteiger partial charge is 0.454 e. The van der Waals surface area contributed by atoms with Gasteiger partial charge in [-0.2, -0.15) is 5.10 Å². The van der Waals surface area contributed by atoms with E-state index in [1.54, 1.807) is 30.2 Å². The molecule has 5 rings (SSSR count). The minimum absolute atomic E-state index is 0.0675. The van der Waals surface area contributed by atoms with Crippen molar-refractivity contribution < 1.29 is 19.0 Å². The molecule has 176 valence electrons. The highest BCUT2D eigenvalue weighted by Gasteiger charge is 2.23. The molecule has 9 heteroatoms. The summed E-state index contributed by atoms with van der Waals surface area (Å²) >= 11 is 1.63. The molecule has 0 saturated carbocycles. The van der Waals surface area contributed by atoms with E-state index in [0.717, 1.165) is 39.2 Å². The van der Waals surface area contributed by atoms with Crippen molar-refractivity contribution in [2.75, 3.05) is 27.1 Å². The first-order chi connectivity index (χ1) is 16.5. The molecule has 0 saturated heterocycles. The Kier molecular flexibility index (Phi) is 6.21. The molecular formula is C25H26N4O4S. The van der Waals surface area contributed by atoms with Crippen LogP contribution in [0.3, 0.4) is 0 Å². The number of methoxy groups -OCH3 is 1. The Balaban J connectivity index is 1.56. The number of carbonyl (C=O) groups excluding carboxylic acids is 1. The van der Waals surface area contributed by atoms with Crippen molar-refractivity contribution in [2.24, 2.45) is 7.05 Å². The highest BCUT2D eigenvalue weighted by molar-refractivity contribution is 7.13. The normalized spacial score (nSPS) is 12.4. The van der Waals surface area contributed by atoms with Crippen LogP contribution < -0.4 is 9.47 Å². The Bertz CT molecular complexity index is 1330. The number of hydrogen-bond acceptors (Lipinski definition) is 7. The minimum Gasteiger partial charge on any atom is -0.454 e. The van der Waals surface area contributed by atoms with Gasteiger partial charge in [0.1, 0.15) is 5.69 Å². The van der Waals surface area contributed by atoms with Gasteiger partial charge < -0.3 is 19.1 Å². The second-order valence-corrected chi connectivity index (χ2v) is 9.19. The van der Waals surface area contributed by atoms with Gasteiger partial charge in [0.15, 0.2) is 11.5 Å². The first-order valence-corrected chi connectivity index (χ1v) is 12.0. The van der Waals surface area contributed by atoms with E-state index in [1.165, 1.54) is 0 Å². The van der Waals surface area contributed by atoms with Gasteiger partial charge >= 0.3 is 0 Å². The van der Waals surface area contributed by atoms with Crippen LogP contribution in [0.1, 0.15) is 28.2 Å². The molecule has 0 spiro atoms. The zero-order chi connectivity index (χ0) is 23.7. The van der Waals surface area contributed by atoms with Crippen molar-refractivity contribution in [3.8, 4) is 22.1 Å². The predicted octanol–water partition coefficient (Wildman–Crippen LogP) is 4.41. The summed E-state index contributed by atoms with van der Waals surface area (Å²) in [5, 5.41) is 7.34. The van der Waals surface area contributed by atoms with Crippen LogP contribution in [0.5, 0.6) is 11.5 Å². The van der Waals surface area contributed by atoms with Gasteiger partial charge in [-0.05, 0) is 48.6 Å². The molecule has 4 heterocycles. The number of ether oxygens (including phenoxy) is 3. The number of benzene rings is 1. The average molecular weight is 479 g/mol. The third kappa shape index (κ3) is 4.36. The SMILES string of the molecule is COCCCN(Cc1cc2cc3c(cc2nc1-c1cccs1)OCO3)C(=O)c1cc(C)nn1C. The van der Waals surface area contributed by atoms with E-state index in [0.29, 0.717) is 36.9 Å². The third-order valence-corrected chi connectivity index (χ3v) is 6.67. The lowest BCUT2D eigenvalue weighted by molar-refractivity contribution is 0.0713. The number of thiophene rings is 1. The van der Waals surface area contributed by atoms with Crippen LogP contribution in [-0.2, 0) is 18.3 Å². The molecule has 8 nitrogen and oxygen atoms in total. The van der Waals surface area contributed by atoms with E-state index in [-0.39, 0.29) is 12.7 Å². The average Bonchev–Trinajstić information content (AvgIpc) is 3.57. The summed E-state index contributed by atoms with van der Waals surface area (Å²) in [6, 6.07) is 11.9. The van der Waals surface area contributed by atoms with E-state index in [2.05, 4.69) is 17.2 Å². The molecule has 0 radical (unpaired) electrons. The Morgan fingerprint density at radius 1 is 1.24 bits per heavy atom. The van der Waals surface area contributed by atoms with Crippen molar-refractivity contribution >= 4 is 28.1 Å². The maximum absolute atomic E-state index is 13.6. The van der Waals surface area contributed by atoms with Gasteiger partial charge in [0.2, 0.25) is 6.79 Å². The smallest absolute Gasteiger partial charge is 0.272 e. The summed E-state index contributed by atoms with van der Waals surface area (Å²) in [5.74, 6) is 1.34. The lowest BCUT2D eigenvalue weighted by Crippen LogP contribution is -2.33. The Labute approximate surface area is 201 Å². The monoisotopic (exact) mass is 478 g/mol. The Hall–Kier alpha value is -3.43. The number of pyridine rings is 1. The van der Waals surface area contributed by atoms with E-state index >= 15 is 0 Å². The highest BCUT2D eigenvalue weighted by Crippen LogP contribution is 2.38. The number of aromatic nitrogens is 3. The topological polar surface area (TPSA) is 78.7 Å². The third-order valence-electron chi connectivity index (χ3n) is 5.79. The zero-order valence-electron chi connectivity index (χ0n) is 19.4. The standard InChI is InChI=1S/C25H26N4O4S/c1-16-10-20(28(2)27-16)25(30)29(7-5-8-31-3)14-18-11-17-12-21-22(33-15-32-21)13-19(17)26-24(18)23-6-4-9-34-23/h4,6,9-13H,5,7-8,14-15H2,1-3H3. The quantitative estimate of drug-likeness (QED) is 0.349. The van der Waals surface area contributed by atoms with Crippen LogP contribution >= 0.6 is 11.3 Å². The molecule has 0 aliphatic carbocycles. The van der Waals surface area contributed by atoms with Crippen LogP contribution in [0.2, 0.25) is 0 Å². The number of hydrogen-bond donors (Lipinski definition) is 0. The number of carbonyl (C=O) groups is 1. The van der Waals surface area contributed by atoms with Gasteiger partial charge in [-0.3, -0.25) is 9.48 Å². The Morgan fingerprint density at radius 2 is 2.06 bits per heavy atom. The molecule has 0 atom stereocenters. The first kappa shape index (κ1) is 22.4. The number of amides is 1. The van der Waals surface area contributed by atoms with Gasteiger partial charge in [0.25, 0.3) is 5.91 Å². The fourth-order valence-electron chi connectivity index (χ4n) is 4.19. The van der Waals surface area contributed by atoms with E-state index < -0.39 is 0 Å². The van der Waals surface area contributed by atoms with Crippen LogP contribution in [0, 0.1) is 6.92 Å². The maximum atomic E-state index is 13.6.